The van der Waals surface area contributed by atoms with Crippen molar-refractivity contribution in [2.75, 3.05) is 0 Å². The highest BCUT2D eigenvalue weighted by atomic mass is 14.7. The Balaban J connectivity index is 4.19. The topological polar surface area (TPSA) is 14.0 Å². The second kappa shape index (κ2) is 4.98. The predicted octanol–water partition coefficient (Wildman–Crippen LogP) is 1.03. The molecule has 0 atom stereocenters. The van der Waals surface area contributed by atoms with Gasteiger partial charge in [-0.1, -0.05) is 13.0 Å². The summed E-state index contributed by atoms with van der Waals surface area (Å²) in [5.74, 6) is 0. The third-order valence-corrected chi connectivity index (χ3v) is 1.42. The Hall–Kier alpha value is -0.850. The Morgan fingerprint density at radius 1 is 1.50 bits per heavy atom. The summed E-state index contributed by atoms with van der Waals surface area (Å²) in [6, 6.07) is 0. The van der Waals surface area contributed by atoms with Crippen LogP contribution in [-0.4, -0.2) is 5.71 Å². The maximum atomic E-state index is 3.58. The van der Waals surface area contributed by atoms with Gasteiger partial charge in [0.1, 0.15) is 0 Å². The maximum absolute atomic E-state index is 3.58. The third kappa shape index (κ3) is 3.23. The summed E-state index contributed by atoms with van der Waals surface area (Å²) < 4.78 is 0. The Kier molecular flexibility index (Phi) is 4.55. The molecule has 0 aromatic rings. The van der Waals surface area contributed by atoms with Gasteiger partial charge in [0.05, 0.1) is 0 Å². The molecule has 0 heterocycles. The minimum atomic E-state index is 1.09. The fourth-order valence-corrected chi connectivity index (χ4v) is 0.726. The van der Waals surface area contributed by atoms with Gasteiger partial charge < -0.3 is 0 Å². The van der Waals surface area contributed by atoms with Crippen LogP contribution in [0.5, 0.6) is 0 Å². The van der Waals surface area contributed by atoms with Gasteiger partial charge in [-0.05, 0) is 19.9 Å². The summed E-state index contributed by atoms with van der Waals surface area (Å²) in [5, 5.41) is 0. The van der Waals surface area contributed by atoms with Crippen LogP contribution in [-0.2, 0) is 0 Å². The van der Waals surface area contributed by atoms with E-state index in [2.05, 4.69) is 31.5 Å². The van der Waals surface area contributed by atoms with E-state index >= 15 is 0 Å². The van der Waals surface area contributed by atoms with E-state index in [0.29, 0.717) is 0 Å². The maximum Gasteiger partial charge on any atom is 0.179 e. The normalized spacial score (nSPS) is 13.5. The lowest BCUT2D eigenvalue weighted by molar-refractivity contribution is -0.372. The monoisotopic (exact) mass is 138 g/mol. The molecule has 0 saturated carbocycles. The largest absolute Gasteiger partial charge is 0.216 e. The van der Waals surface area contributed by atoms with Crippen LogP contribution < -0.4 is 4.99 Å². The molecule has 10 heavy (non-hydrogen) atoms. The Morgan fingerprint density at radius 3 is 2.50 bits per heavy atom. The van der Waals surface area contributed by atoms with Crippen molar-refractivity contribution in [1.82, 2.24) is 0 Å². The van der Waals surface area contributed by atoms with E-state index in [1.165, 1.54) is 11.3 Å². The average molecular weight is 138 g/mol. The van der Waals surface area contributed by atoms with Crippen LogP contribution in [0.25, 0.3) is 0 Å². The second-order valence-corrected chi connectivity index (χ2v) is 2.27. The Labute approximate surface area is 63.2 Å². The molecule has 0 radical (unpaired) electrons. The minimum absolute atomic E-state index is 1.09. The summed E-state index contributed by atoms with van der Waals surface area (Å²) in [7, 11) is 0. The first-order chi connectivity index (χ1) is 4.72. The Morgan fingerprint density at radius 2 is 2.10 bits per heavy atom. The summed E-state index contributed by atoms with van der Waals surface area (Å²) in [6.07, 6.45) is 4.97. The van der Waals surface area contributed by atoms with Crippen molar-refractivity contribution < 1.29 is 4.99 Å². The number of rotatable bonds is 3. The van der Waals surface area contributed by atoms with Crippen molar-refractivity contribution in [1.29, 1.82) is 0 Å². The van der Waals surface area contributed by atoms with E-state index in [4.69, 9.17) is 0 Å². The lowest BCUT2D eigenvalue weighted by Gasteiger charge is -1.90. The van der Waals surface area contributed by atoms with Crippen molar-refractivity contribution in [3.63, 3.8) is 0 Å². The van der Waals surface area contributed by atoms with E-state index in [-0.39, 0.29) is 0 Å². The summed E-state index contributed by atoms with van der Waals surface area (Å²) >= 11 is 0. The van der Waals surface area contributed by atoms with Crippen molar-refractivity contribution >= 4 is 5.71 Å². The van der Waals surface area contributed by atoms with Crippen molar-refractivity contribution in [3.8, 4) is 0 Å². The molecular formula is C9H16N+. The standard InChI is InChI=1S/C9H15N/c1-5-7-8(3)9(4)10-6-2/h6-7H,2,5H2,1,3-4H3/p+1/b8-7-,10-9?. The second-order valence-electron chi connectivity index (χ2n) is 2.27. The van der Waals surface area contributed by atoms with Crippen LogP contribution in [0.15, 0.2) is 24.4 Å². The molecule has 0 aliphatic rings. The van der Waals surface area contributed by atoms with Crippen LogP contribution in [0.2, 0.25) is 0 Å². The lowest BCUT2D eigenvalue weighted by atomic mass is 10.2. The number of hydrogen-bond acceptors (Lipinski definition) is 0. The third-order valence-electron chi connectivity index (χ3n) is 1.42. The highest BCUT2D eigenvalue weighted by Crippen LogP contribution is 1.93. The zero-order valence-electron chi connectivity index (χ0n) is 7.07. The van der Waals surface area contributed by atoms with Crippen LogP contribution in [0.1, 0.15) is 27.2 Å². The van der Waals surface area contributed by atoms with E-state index in [0.717, 1.165) is 6.42 Å². The summed E-state index contributed by atoms with van der Waals surface area (Å²) in [4.78, 5) is 3.04. The molecule has 0 fully saturated rings. The molecule has 56 valence electrons. The van der Waals surface area contributed by atoms with Crippen LogP contribution in [0.3, 0.4) is 0 Å². The fraction of sp³-hybridized carbons (Fsp3) is 0.444. The first-order valence-corrected chi connectivity index (χ1v) is 3.60. The first kappa shape index (κ1) is 9.15. The Bertz CT molecular complexity index is 164. The number of hydrogen-bond donors (Lipinski definition) is 1. The molecule has 0 rings (SSSR count). The molecule has 0 unspecified atom stereocenters. The first-order valence-electron chi connectivity index (χ1n) is 3.60. The molecule has 0 bridgehead atoms. The van der Waals surface area contributed by atoms with Crippen LogP contribution in [0.4, 0.5) is 0 Å². The van der Waals surface area contributed by atoms with Crippen molar-refractivity contribution in [3.05, 3.63) is 24.4 Å². The van der Waals surface area contributed by atoms with Gasteiger partial charge in [0.15, 0.2) is 11.9 Å². The molecular weight excluding hydrogens is 122 g/mol. The SMILES string of the molecule is C=C[NH+]=C(C)/C(C)=C\CC. The van der Waals surface area contributed by atoms with E-state index in [1.807, 2.05) is 6.92 Å². The molecule has 0 aliphatic carbocycles. The van der Waals surface area contributed by atoms with E-state index < -0.39 is 0 Å². The molecule has 0 spiro atoms. The molecule has 0 aromatic heterocycles. The zero-order chi connectivity index (χ0) is 7.98. The van der Waals surface area contributed by atoms with Gasteiger partial charge in [-0.25, -0.2) is 4.99 Å². The van der Waals surface area contributed by atoms with Gasteiger partial charge in [0.2, 0.25) is 0 Å². The molecule has 0 aromatic carbocycles. The van der Waals surface area contributed by atoms with Crippen molar-refractivity contribution in [2.45, 2.75) is 27.2 Å². The van der Waals surface area contributed by atoms with Crippen molar-refractivity contribution in [2.24, 2.45) is 0 Å². The minimum Gasteiger partial charge on any atom is -0.216 e. The quantitative estimate of drug-likeness (QED) is 0.560. The summed E-state index contributed by atoms with van der Waals surface area (Å²) in [6.45, 7) is 9.85. The van der Waals surface area contributed by atoms with E-state index in [1.54, 1.807) is 6.20 Å². The van der Waals surface area contributed by atoms with Gasteiger partial charge in [-0.3, -0.25) is 0 Å². The molecule has 1 nitrogen and oxygen atoms in total. The molecule has 0 saturated heterocycles. The fourth-order valence-electron chi connectivity index (χ4n) is 0.726. The predicted molar refractivity (Wildman–Crippen MR) is 45.9 cm³/mol. The lowest BCUT2D eigenvalue weighted by Crippen LogP contribution is -2.65. The van der Waals surface area contributed by atoms with Gasteiger partial charge in [0, 0.05) is 12.5 Å². The van der Waals surface area contributed by atoms with Gasteiger partial charge in [-0.2, -0.15) is 0 Å². The average Bonchev–Trinajstić information content (AvgIpc) is 1.89. The number of allylic oxidation sites excluding steroid dienone is 2. The molecule has 1 N–H and O–H groups in total. The molecule has 0 aliphatic heterocycles. The number of nitrogens with one attached hydrogen (secondary N) is 1. The van der Waals surface area contributed by atoms with E-state index in [9.17, 15) is 0 Å². The van der Waals surface area contributed by atoms with Gasteiger partial charge in [-0.15, -0.1) is 0 Å². The molecule has 0 amide bonds. The van der Waals surface area contributed by atoms with Crippen LogP contribution in [0, 0.1) is 0 Å². The highest BCUT2D eigenvalue weighted by Gasteiger charge is 1.96. The zero-order valence-corrected chi connectivity index (χ0v) is 7.07. The highest BCUT2D eigenvalue weighted by molar-refractivity contribution is 5.92. The smallest absolute Gasteiger partial charge is 0.179 e. The molecule has 1 heteroatoms. The van der Waals surface area contributed by atoms with Crippen LogP contribution >= 0.6 is 0 Å². The van der Waals surface area contributed by atoms with Gasteiger partial charge in [0.25, 0.3) is 0 Å². The van der Waals surface area contributed by atoms with Gasteiger partial charge >= 0.3 is 0 Å². The summed E-state index contributed by atoms with van der Waals surface area (Å²) in [5.41, 5.74) is 2.47.